The predicted molar refractivity (Wildman–Crippen MR) is 104 cm³/mol. The molecule has 5 heteroatoms. The molecule has 0 bridgehead atoms. The summed E-state index contributed by atoms with van der Waals surface area (Å²) in [4.78, 5) is 19.0. The number of rotatable bonds is 4. The Hall–Kier alpha value is -2.85. The molecule has 4 rings (SSSR count). The van der Waals surface area contributed by atoms with Crippen LogP contribution in [-0.4, -0.2) is 17.4 Å². The van der Waals surface area contributed by atoms with Crippen molar-refractivity contribution >= 4 is 28.9 Å². The summed E-state index contributed by atoms with van der Waals surface area (Å²) in [5.74, 6) is -0.137. The molecule has 2 heterocycles. The van der Waals surface area contributed by atoms with Crippen LogP contribution in [0.5, 0.6) is 0 Å². The van der Waals surface area contributed by atoms with E-state index in [1.54, 1.807) is 12.4 Å². The SMILES string of the molecule is O=C(NCc1ccc(Cl)cc1)c1cncc(N2CCc3ccccc32)c1. The molecule has 0 radical (unpaired) electrons. The highest BCUT2D eigenvalue weighted by Crippen LogP contribution is 2.34. The molecule has 0 saturated carbocycles. The number of pyridine rings is 1. The van der Waals surface area contributed by atoms with Crippen LogP contribution < -0.4 is 10.2 Å². The van der Waals surface area contributed by atoms with E-state index in [4.69, 9.17) is 11.6 Å². The van der Waals surface area contributed by atoms with E-state index in [0.717, 1.165) is 24.2 Å². The number of carbonyl (C=O) groups is 1. The van der Waals surface area contributed by atoms with Gasteiger partial charge in [-0.1, -0.05) is 41.9 Å². The number of carbonyl (C=O) groups excluding carboxylic acids is 1. The highest BCUT2D eigenvalue weighted by molar-refractivity contribution is 6.30. The Balaban J connectivity index is 1.49. The molecule has 1 amide bonds. The average molecular weight is 364 g/mol. The topological polar surface area (TPSA) is 45.2 Å². The van der Waals surface area contributed by atoms with Gasteiger partial charge in [0, 0.05) is 30.0 Å². The number of nitrogens with zero attached hydrogens (tertiary/aromatic N) is 2. The number of hydrogen-bond donors (Lipinski definition) is 1. The lowest BCUT2D eigenvalue weighted by Gasteiger charge is -2.19. The fourth-order valence-electron chi connectivity index (χ4n) is 3.19. The van der Waals surface area contributed by atoms with Gasteiger partial charge in [0.25, 0.3) is 5.91 Å². The Morgan fingerprint density at radius 3 is 2.77 bits per heavy atom. The Morgan fingerprint density at radius 1 is 1.12 bits per heavy atom. The van der Waals surface area contributed by atoms with E-state index in [9.17, 15) is 4.79 Å². The summed E-state index contributed by atoms with van der Waals surface area (Å²) in [6.45, 7) is 1.35. The van der Waals surface area contributed by atoms with Crippen molar-refractivity contribution in [3.63, 3.8) is 0 Å². The maximum atomic E-state index is 12.5. The zero-order valence-electron chi connectivity index (χ0n) is 14.2. The summed E-state index contributed by atoms with van der Waals surface area (Å²) < 4.78 is 0. The van der Waals surface area contributed by atoms with Crippen LogP contribution in [0.4, 0.5) is 11.4 Å². The Labute approximate surface area is 157 Å². The van der Waals surface area contributed by atoms with Crippen LogP contribution in [-0.2, 0) is 13.0 Å². The lowest BCUT2D eigenvalue weighted by molar-refractivity contribution is 0.0950. The third-order valence-electron chi connectivity index (χ3n) is 4.55. The first-order chi connectivity index (χ1) is 12.7. The fraction of sp³-hybridized carbons (Fsp3) is 0.143. The maximum Gasteiger partial charge on any atom is 0.253 e. The molecule has 130 valence electrons. The molecular weight excluding hydrogens is 346 g/mol. The van der Waals surface area contributed by atoms with Crippen molar-refractivity contribution in [2.75, 3.05) is 11.4 Å². The van der Waals surface area contributed by atoms with Gasteiger partial charge in [0.2, 0.25) is 0 Å². The zero-order valence-corrected chi connectivity index (χ0v) is 14.9. The molecule has 1 aliphatic rings. The Bertz CT molecular complexity index is 940. The minimum Gasteiger partial charge on any atom is -0.348 e. The molecule has 1 aliphatic heterocycles. The monoisotopic (exact) mass is 363 g/mol. The Morgan fingerprint density at radius 2 is 1.92 bits per heavy atom. The van der Waals surface area contributed by atoms with Crippen molar-refractivity contribution < 1.29 is 4.79 Å². The zero-order chi connectivity index (χ0) is 17.9. The summed E-state index contributed by atoms with van der Waals surface area (Å²) in [6, 6.07) is 17.7. The van der Waals surface area contributed by atoms with Crippen molar-refractivity contribution in [1.29, 1.82) is 0 Å². The van der Waals surface area contributed by atoms with Gasteiger partial charge < -0.3 is 10.2 Å². The normalized spacial score (nSPS) is 12.7. The fourth-order valence-corrected chi connectivity index (χ4v) is 3.32. The smallest absolute Gasteiger partial charge is 0.253 e. The number of amides is 1. The van der Waals surface area contributed by atoms with Crippen LogP contribution >= 0.6 is 11.6 Å². The standard InChI is InChI=1S/C21H18ClN3O/c22-18-7-5-15(6-8-18)12-24-21(26)17-11-19(14-23-13-17)25-10-9-16-3-1-2-4-20(16)25/h1-8,11,13-14H,9-10,12H2,(H,24,26). The second kappa shape index (κ2) is 7.18. The number of halogens is 1. The number of nitrogens with one attached hydrogen (secondary N) is 1. The van der Waals surface area contributed by atoms with Gasteiger partial charge in [-0.25, -0.2) is 0 Å². The second-order valence-corrected chi connectivity index (χ2v) is 6.71. The third kappa shape index (κ3) is 3.41. The molecule has 1 N–H and O–H groups in total. The summed E-state index contributed by atoms with van der Waals surface area (Å²) in [7, 11) is 0. The van der Waals surface area contributed by atoms with Crippen molar-refractivity contribution in [3.8, 4) is 0 Å². The first kappa shape index (κ1) is 16.6. The van der Waals surface area contributed by atoms with Gasteiger partial charge in [0.15, 0.2) is 0 Å². The lowest BCUT2D eigenvalue weighted by atomic mass is 10.2. The van der Waals surface area contributed by atoms with Crippen molar-refractivity contribution in [2.45, 2.75) is 13.0 Å². The van der Waals surface area contributed by atoms with Crippen LogP contribution in [0.25, 0.3) is 0 Å². The number of para-hydroxylation sites is 1. The van der Waals surface area contributed by atoms with E-state index >= 15 is 0 Å². The maximum absolute atomic E-state index is 12.5. The second-order valence-electron chi connectivity index (χ2n) is 6.27. The van der Waals surface area contributed by atoms with Crippen LogP contribution in [0.3, 0.4) is 0 Å². The average Bonchev–Trinajstić information content (AvgIpc) is 3.11. The summed E-state index contributed by atoms with van der Waals surface area (Å²) >= 11 is 5.89. The van der Waals surface area contributed by atoms with E-state index in [2.05, 4.69) is 33.4 Å². The van der Waals surface area contributed by atoms with Crippen molar-refractivity contribution in [1.82, 2.24) is 10.3 Å². The van der Waals surface area contributed by atoms with Gasteiger partial charge in [-0.05, 0) is 41.8 Å². The van der Waals surface area contributed by atoms with Gasteiger partial charge in [-0.2, -0.15) is 0 Å². The van der Waals surface area contributed by atoms with Gasteiger partial charge >= 0.3 is 0 Å². The van der Waals surface area contributed by atoms with E-state index < -0.39 is 0 Å². The molecule has 0 unspecified atom stereocenters. The molecule has 4 nitrogen and oxygen atoms in total. The van der Waals surface area contributed by atoms with Crippen LogP contribution in [0.2, 0.25) is 5.02 Å². The molecule has 1 aromatic heterocycles. The minimum atomic E-state index is -0.137. The van der Waals surface area contributed by atoms with Crippen LogP contribution in [0, 0.1) is 0 Å². The highest BCUT2D eigenvalue weighted by atomic mass is 35.5. The minimum absolute atomic E-state index is 0.137. The molecule has 0 fully saturated rings. The van der Waals surface area contributed by atoms with Gasteiger partial charge in [-0.15, -0.1) is 0 Å². The Kier molecular flexibility index (Phi) is 4.59. The lowest BCUT2D eigenvalue weighted by Crippen LogP contribution is -2.23. The molecule has 0 atom stereocenters. The first-order valence-electron chi connectivity index (χ1n) is 8.54. The third-order valence-corrected chi connectivity index (χ3v) is 4.80. The molecule has 0 aliphatic carbocycles. The number of anilines is 2. The number of aromatic nitrogens is 1. The van der Waals surface area contributed by atoms with Gasteiger partial charge in [0.05, 0.1) is 17.4 Å². The molecule has 0 spiro atoms. The predicted octanol–water partition coefficient (Wildman–Crippen LogP) is 4.36. The number of benzene rings is 2. The number of fused-ring (bicyclic) bond motifs is 1. The van der Waals surface area contributed by atoms with E-state index in [0.29, 0.717) is 17.1 Å². The van der Waals surface area contributed by atoms with Crippen LogP contribution in [0.1, 0.15) is 21.5 Å². The van der Waals surface area contributed by atoms with E-state index in [1.807, 2.05) is 36.4 Å². The molecular formula is C21H18ClN3O. The molecule has 3 aromatic rings. The van der Waals surface area contributed by atoms with E-state index in [-0.39, 0.29) is 5.91 Å². The van der Waals surface area contributed by atoms with Crippen molar-refractivity contribution in [2.24, 2.45) is 0 Å². The summed E-state index contributed by atoms with van der Waals surface area (Å²) in [6.07, 6.45) is 4.41. The number of hydrogen-bond acceptors (Lipinski definition) is 3. The largest absolute Gasteiger partial charge is 0.348 e. The van der Waals surface area contributed by atoms with Gasteiger partial charge in [0.1, 0.15) is 0 Å². The molecule has 0 saturated heterocycles. The highest BCUT2D eigenvalue weighted by Gasteiger charge is 2.20. The summed E-state index contributed by atoms with van der Waals surface area (Å²) in [5, 5.41) is 3.61. The molecule has 26 heavy (non-hydrogen) atoms. The van der Waals surface area contributed by atoms with E-state index in [1.165, 1.54) is 11.3 Å². The van der Waals surface area contributed by atoms with Crippen molar-refractivity contribution in [3.05, 3.63) is 88.7 Å². The molecule has 2 aromatic carbocycles. The van der Waals surface area contributed by atoms with Gasteiger partial charge in [-0.3, -0.25) is 9.78 Å². The summed E-state index contributed by atoms with van der Waals surface area (Å²) in [5.41, 5.74) is 5.01. The quantitative estimate of drug-likeness (QED) is 0.749. The first-order valence-corrected chi connectivity index (χ1v) is 8.91. The van der Waals surface area contributed by atoms with Crippen LogP contribution in [0.15, 0.2) is 67.0 Å².